The Balaban J connectivity index is 2.62. The molecule has 0 saturated heterocycles. The van der Waals surface area contributed by atoms with Crippen molar-refractivity contribution < 1.29 is 4.39 Å². The van der Waals surface area contributed by atoms with Crippen LogP contribution in [0.1, 0.15) is 19.0 Å². The molecule has 74 valence electrons. The number of anilines is 1. The van der Waals surface area contributed by atoms with Gasteiger partial charge in [0.2, 0.25) is 0 Å². The molecule has 4 heteroatoms. The van der Waals surface area contributed by atoms with E-state index >= 15 is 0 Å². The van der Waals surface area contributed by atoms with Gasteiger partial charge in [0.15, 0.2) is 0 Å². The van der Waals surface area contributed by atoms with Crippen LogP contribution in [-0.4, -0.2) is 23.0 Å². The summed E-state index contributed by atoms with van der Waals surface area (Å²) in [5, 5.41) is 7.31. The summed E-state index contributed by atoms with van der Waals surface area (Å²) in [6.45, 7) is 4.96. The van der Waals surface area contributed by atoms with Crippen molar-refractivity contribution in [1.29, 1.82) is 0 Å². The molecule has 0 aliphatic rings. The van der Waals surface area contributed by atoms with E-state index in [2.05, 4.69) is 17.3 Å². The minimum Gasteiger partial charge on any atom is -0.382 e. The molecule has 1 rings (SSSR count). The second-order valence-corrected chi connectivity index (χ2v) is 2.98. The van der Waals surface area contributed by atoms with Crippen molar-refractivity contribution in [3.05, 3.63) is 11.9 Å². The average molecular weight is 185 g/mol. The Morgan fingerprint density at radius 3 is 3.00 bits per heavy atom. The maximum Gasteiger partial charge on any atom is 0.109 e. The quantitative estimate of drug-likeness (QED) is 0.760. The number of nitrogens with zero attached hydrogens (tertiary/aromatic N) is 2. The van der Waals surface area contributed by atoms with Gasteiger partial charge in [-0.2, -0.15) is 5.10 Å². The zero-order valence-corrected chi connectivity index (χ0v) is 8.18. The van der Waals surface area contributed by atoms with Crippen LogP contribution < -0.4 is 5.32 Å². The van der Waals surface area contributed by atoms with Crippen LogP contribution in [0.5, 0.6) is 0 Å². The fraction of sp³-hybridized carbons (Fsp3) is 0.667. The molecule has 0 fully saturated rings. The Morgan fingerprint density at radius 2 is 2.38 bits per heavy atom. The Bertz CT molecular complexity index is 257. The Morgan fingerprint density at radius 1 is 1.62 bits per heavy atom. The summed E-state index contributed by atoms with van der Waals surface area (Å²) in [5.41, 5.74) is 2.02. The highest BCUT2D eigenvalue weighted by atomic mass is 19.1. The van der Waals surface area contributed by atoms with Crippen molar-refractivity contribution in [2.75, 3.05) is 18.5 Å². The monoisotopic (exact) mass is 185 g/mol. The van der Waals surface area contributed by atoms with Crippen LogP contribution in [0.4, 0.5) is 10.1 Å². The largest absolute Gasteiger partial charge is 0.382 e. The van der Waals surface area contributed by atoms with E-state index in [0.29, 0.717) is 6.54 Å². The molecule has 0 saturated carbocycles. The second kappa shape index (κ2) is 4.84. The van der Waals surface area contributed by atoms with E-state index in [0.717, 1.165) is 24.3 Å². The number of aryl methyl sites for hydroxylation is 1. The Labute approximate surface area is 77.9 Å². The summed E-state index contributed by atoms with van der Waals surface area (Å²) in [6, 6.07) is 0. The highest BCUT2D eigenvalue weighted by Crippen LogP contribution is 2.12. The molecule has 1 heterocycles. The van der Waals surface area contributed by atoms with Gasteiger partial charge in [0.25, 0.3) is 0 Å². The average Bonchev–Trinajstić information content (AvgIpc) is 2.46. The lowest BCUT2D eigenvalue weighted by molar-refractivity contribution is 0.423. The summed E-state index contributed by atoms with van der Waals surface area (Å²) >= 11 is 0. The Kier molecular flexibility index (Phi) is 3.73. The van der Waals surface area contributed by atoms with Crippen LogP contribution in [0.3, 0.4) is 0 Å². The topological polar surface area (TPSA) is 29.9 Å². The van der Waals surface area contributed by atoms with Crippen LogP contribution >= 0.6 is 0 Å². The van der Waals surface area contributed by atoms with E-state index in [-0.39, 0.29) is 6.67 Å². The van der Waals surface area contributed by atoms with Crippen molar-refractivity contribution in [2.24, 2.45) is 0 Å². The molecule has 0 radical (unpaired) electrons. The molecule has 3 nitrogen and oxygen atoms in total. The minimum atomic E-state index is -0.365. The maximum atomic E-state index is 12.0. The normalized spacial score (nSPS) is 10.4. The van der Waals surface area contributed by atoms with E-state index in [1.807, 2.05) is 6.92 Å². The first-order valence-electron chi connectivity index (χ1n) is 4.61. The maximum absolute atomic E-state index is 12.0. The van der Waals surface area contributed by atoms with Gasteiger partial charge in [-0.05, 0) is 13.3 Å². The highest BCUT2D eigenvalue weighted by molar-refractivity contribution is 5.45. The lowest BCUT2D eigenvalue weighted by Crippen LogP contribution is -2.05. The molecular formula is C9H16FN3. The fourth-order valence-corrected chi connectivity index (χ4v) is 1.19. The van der Waals surface area contributed by atoms with E-state index < -0.39 is 0 Å². The van der Waals surface area contributed by atoms with Gasteiger partial charge < -0.3 is 5.32 Å². The van der Waals surface area contributed by atoms with Crippen molar-refractivity contribution in [2.45, 2.75) is 26.8 Å². The van der Waals surface area contributed by atoms with Gasteiger partial charge in [0.05, 0.1) is 24.1 Å². The standard InChI is InChI=1S/C9H16FN3/c1-3-5-11-9-7-12-13(6-4-10)8(9)2/h7,11H,3-6H2,1-2H3. The molecule has 0 aliphatic carbocycles. The van der Waals surface area contributed by atoms with Gasteiger partial charge in [0, 0.05) is 6.54 Å². The van der Waals surface area contributed by atoms with Crippen LogP contribution in [0, 0.1) is 6.92 Å². The molecule has 0 aliphatic heterocycles. The molecule has 0 atom stereocenters. The minimum absolute atomic E-state index is 0.347. The number of hydrogen-bond donors (Lipinski definition) is 1. The summed E-state index contributed by atoms with van der Waals surface area (Å²) in [7, 11) is 0. The third kappa shape index (κ3) is 2.44. The molecule has 13 heavy (non-hydrogen) atoms. The van der Waals surface area contributed by atoms with E-state index in [1.165, 1.54) is 0 Å². The molecule has 0 aromatic carbocycles. The fourth-order valence-electron chi connectivity index (χ4n) is 1.19. The van der Waals surface area contributed by atoms with Gasteiger partial charge in [0.1, 0.15) is 6.67 Å². The molecule has 0 spiro atoms. The Hall–Kier alpha value is -1.06. The smallest absolute Gasteiger partial charge is 0.109 e. The molecule has 1 N–H and O–H groups in total. The molecule has 0 amide bonds. The summed E-state index contributed by atoms with van der Waals surface area (Å²) in [6.07, 6.45) is 2.83. The van der Waals surface area contributed by atoms with E-state index in [9.17, 15) is 4.39 Å². The number of hydrogen-bond acceptors (Lipinski definition) is 2. The van der Waals surface area contributed by atoms with E-state index in [1.54, 1.807) is 10.9 Å². The summed E-state index contributed by atoms with van der Waals surface area (Å²) in [4.78, 5) is 0. The predicted molar refractivity (Wildman–Crippen MR) is 51.7 cm³/mol. The van der Waals surface area contributed by atoms with Crippen molar-refractivity contribution in [1.82, 2.24) is 9.78 Å². The van der Waals surface area contributed by atoms with Gasteiger partial charge in [-0.15, -0.1) is 0 Å². The third-order valence-corrected chi connectivity index (χ3v) is 1.96. The van der Waals surface area contributed by atoms with Gasteiger partial charge in [-0.3, -0.25) is 4.68 Å². The van der Waals surface area contributed by atoms with Gasteiger partial charge in [-0.25, -0.2) is 4.39 Å². The summed E-state index contributed by atoms with van der Waals surface area (Å²) in [5.74, 6) is 0. The predicted octanol–water partition coefficient (Wildman–Crippen LogP) is 1.98. The van der Waals surface area contributed by atoms with Crippen molar-refractivity contribution in [3.8, 4) is 0 Å². The van der Waals surface area contributed by atoms with Crippen molar-refractivity contribution >= 4 is 5.69 Å². The number of nitrogens with one attached hydrogen (secondary N) is 1. The lowest BCUT2D eigenvalue weighted by atomic mass is 10.3. The summed E-state index contributed by atoms with van der Waals surface area (Å²) < 4.78 is 13.7. The van der Waals surface area contributed by atoms with E-state index in [4.69, 9.17) is 0 Å². The highest BCUT2D eigenvalue weighted by Gasteiger charge is 2.04. The number of rotatable bonds is 5. The molecule has 1 aromatic rings. The second-order valence-electron chi connectivity index (χ2n) is 2.98. The van der Waals surface area contributed by atoms with Gasteiger partial charge >= 0.3 is 0 Å². The zero-order valence-electron chi connectivity index (χ0n) is 8.18. The number of halogens is 1. The molecule has 1 aromatic heterocycles. The van der Waals surface area contributed by atoms with Crippen molar-refractivity contribution in [3.63, 3.8) is 0 Å². The van der Waals surface area contributed by atoms with Crippen LogP contribution in [-0.2, 0) is 6.54 Å². The van der Waals surface area contributed by atoms with Crippen LogP contribution in [0.2, 0.25) is 0 Å². The first-order valence-corrected chi connectivity index (χ1v) is 4.61. The van der Waals surface area contributed by atoms with Crippen LogP contribution in [0.25, 0.3) is 0 Å². The molecular weight excluding hydrogens is 169 g/mol. The van der Waals surface area contributed by atoms with Crippen LogP contribution in [0.15, 0.2) is 6.20 Å². The number of aromatic nitrogens is 2. The first kappa shape index (κ1) is 10.0. The number of alkyl halides is 1. The molecule has 0 unspecified atom stereocenters. The lowest BCUT2D eigenvalue weighted by Gasteiger charge is -2.04. The van der Waals surface area contributed by atoms with Gasteiger partial charge in [-0.1, -0.05) is 6.92 Å². The third-order valence-electron chi connectivity index (χ3n) is 1.96. The molecule has 0 bridgehead atoms. The first-order chi connectivity index (χ1) is 6.29. The zero-order chi connectivity index (χ0) is 9.68. The SMILES string of the molecule is CCCNc1cnn(CCF)c1C.